The number of nitrogens with one attached hydrogen (secondary N) is 1. The standard InChI is InChI=1S/C19H18F2N2O3/c20-14-8-6-13(7-9-14)18(24)23-10-2-5-17(12-23)26-19(25)22-16-4-1-3-15(21)11-16/h1,3-4,6-9,11,17H,2,5,10,12H2,(H,22,25). The highest BCUT2D eigenvalue weighted by Gasteiger charge is 2.27. The highest BCUT2D eigenvalue weighted by atomic mass is 19.1. The molecule has 5 nitrogen and oxygen atoms in total. The molecule has 1 unspecified atom stereocenters. The summed E-state index contributed by atoms with van der Waals surface area (Å²) in [7, 11) is 0. The number of carbonyl (C=O) groups is 2. The van der Waals surface area contributed by atoms with Crippen LogP contribution in [0.15, 0.2) is 48.5 Å². The van der Waals surface area contributed by atoms with E-state index >= 15 is 0 Å². The number of rotatable bonds is 3. The highest BCUT2D eigenvalue weighted by molar-refractivity contribution is 5.94. The van der Waals surface area contributed by atoms with E-state index in [-0.39, 0.29) is 12.5 Å². The predicted molar refractivity (Wildman–Crippen MR) is 91.8 cm³/mol. The Labute approximate surface area is 149 Å². The zero-order chi connectivity index (χ0) is 18.5. The summed E-state index contributed by atoms with van der Waals surface area (Å²) < 4.78 is 31.5. The first-order chi connectivity index (χ1) is 12.5. The maximum Gasteiger partial charge on any atom is 0.411 e. The van der Waals surface area contributed by atoms with Crippen molar-refractivity contribution in [2.45, 2.75) is 18.9 Å². The molecule has 0 saturated carbocycles. The minimum atomic E-state index is -0.698. The Balaban J connectivity index is 1.57. The van der Waals surface area contributed by atoms with Crippen molar-refractivity contribution in [2.75, 3.05) is 18.4 Å². The minimum Gasteiger partial charge on any atom is -0.444 e. The molecule has 136 valence electrons. The summed E-state index contributed by atoms with van der Waals surface area (Å²) in [6.45, 7) is 0.800. The number of ether oxygens (including phenoxy) is 1. The van der Waals surface area contributed by atoms with Gasteiger partial charge < -0.3 is 9.64 Å². The van der Waals surface area contributed by atoms with E-state index in [0.29, 0.717) is 30.6 Å². The zero-order valence-corrected chi connectivity index (χ0v) is 14.0. The van der Waals surface area contributed by atoms with Crippen LogP contribution in [0.5, 0.6) is 0 Å². The van der Waals surface area contributed by atoms with Gasteiger partial charge in [-0.3, -0.25) is 10.1 Å². The Bertz CT molecular complexity index is 796. The molecule has 2 aromatic carbocycles. The normalized spacial score (nSPS) is 16.8. The van der Waals surface area contributed by atoms with E-state index in [1.165, 1.54) is 42.5 Å². The summed E-state index contributed by atoms with van der Waals surface area (Å²) in [5, 5.41) is 2.47. The molecule has 0 bridgehead atoms. The van der Waals surface area contributed by atoms with Gasteiger partial charge in [0.1, 0.15) is 17.7 Å². The molecule has 1 N–H and O–H groups in total. The van der Waals surface area contributed by atoms with Crippen molar-refractivity contribution in [1.82, 2.24) is 4.90 Å². The molecule has 1 heterocycles. The van der Waals surface area contributed by atoms with Crippen molar-refractivity contribution in [3.8, 4) is 0 Å². The first kappa shape index (κ1) is 17.8. The van der Waals surface area contributed by atoms with Crippen molar-refractivity contribution in [2.24, 2.45) is 0 Å². The molecule has 7 heteroatoms. The third-order valence-electron chi connectivity index (χ3n) is 4.10. The van der Waals surface area contributed by atoms with Gasteiger partial charge in [0.2, 0.25) is 0 Å². The van der Waals surface area contributed by atoms with Gasteiger partial charge >= 0.3 is 6.09 Å². The molecule has 1 aliphatic rings. The molecular formula is C19H18F2N2O3. The summed E-state index contributed by atoms with van der Waals surface area (Å²) in [6.07, 6.45) is 0.160. The lowest BCUT2D eigenvalue weighted by atomic mass is 10.1. The van der Waals surface area contributed by atoms with Crippen molar-refractivity contribution >= 4 is 17.7 Å². The van der Waals surface area contributed by atoms with Crippen LogP contribution in [-0.4, -0.2) is 36.1 Å². The van der Waals surface area contributed by atoms with Crippen LogP contribution in [0.25, 0.3) is 0 Å². The molecule has 1 saturated heterocycles. The van der Waals surface area contributed by atoms with Crippen LogP contribution in [0.3, 0.4) is 0 Å². The second-order valence-corrected chi connectivity index (χ2v) is 6.06. The van der Waals surface area contributed by atoms with Crippen LogP contribution < -0.4 is 5.32 Å². The Morgan fingerprint density at radius 3 is 2.58 bits per heavy atom. The van der Waals surface area contributed by atoms with Crippen LogP contribution in [0.2, 0.25) is 0 Å². The summed E-state index contributed by atoms with van der Waals surface area (Å²) in [4.78, 5) is 26.0. The molecule has 0 aliphatic carbocycles. The number of halogens is 2. The van der Waals surface area contributed by atoms with Crippen LogP contribution >= 0.6 is 0 Å². The van der Waals surface area contributed by atoms with Gasteiger partial charge in [-0.05, 0) is 55.3 Å². The van der Waals surface area contributed by atoms with E-state index in [0.717, 1.165) is 0 Å². The first-order valence-electron chi connectivity index (χ1n) is 8.29. The van der Waals surface area contributed by atoms with Gasteiger partial charge in [0, 0.05) is 17.8 Å². The molecule has 3 rings (SSSR count). The molecule has 1 fully saturated rings. The first-order valence-corrected chi connectivity index (χ1v) is 8.29. The fraction of sp³-hybridized carbons (Fsp3) is 0.263. The SMILES string of the molecule is O=C(Nc1cccc(F)c1)OC1CCCN(C(=O)c2ccc(F)cc2)C1. The van der Waals surface area contributed by atoms with Gasteiger partial charge in [-0.15, -0.1) is 0 Å². The lowest BCUT2D eigenvalue weighted by Gasteiger charge is -2.32. The van der Waals surface area contributed by atoms with Crippen molar-refractivity contribution in [3.63, 3.8) is 0 Å². The molecule has 1 aliphatic heterocycles. The predicted octanol–water partition coefficient (Wildman–Crippen LogP) is 3.82. The number of amides is 2. The van der Waals surface area contributed by atoms with Crippen molar-refractivity contribution in [3.05, 3.63) is 65.7 Å². The number of nitrogens with zero attached hydrogens (tertiary/aromatic N) is 1. The number of carbonyl (C=O) groups excluding carboxylic acids is 2. The Morgan fingerprint density at radius 1 is 1.08 bits per heavy atom. The monoisotopic (exact) mass is 360 g/mol. The topological polar surface area (TPSA) is 58.6 Å². The second kappa shape index (κ2) is 7.95. The van der Waals surface area contributed by atoms with E-state index in [1.54, 1.807) is 11.0 Å². The molecule has 0 radical (unpaired) electrons. The lowest BCUT2D eigenvalue weighted by molar-refractivity contribution is 0.0387. The Kier molecular flexibility index (Phi) is 5.46. The third-order valence-corrected chi connectivity index (χ3v) is 4.10. The van der Waals surface area contributed by atoms with Crippen LogP contribution in [0.4, 0.5) is 19.3 Å². The van der Waals surface area contributed by atoms with E-state index in [2.05, 4.69) is 5.32 Å². The summed E-state index contributed by atoms with van der Waals surface area (Å²) in [6, 6.07) is 10.8. The molecular weight excluding hydrogens is 342 g/mol. The molecule has 0 aromatic heterocycles. The average Bonchev–Trinajstić information content (AvgIpc) is 2.62. The van der Waals surface area contributed by atoms with Gasteiger partial charge in [0.15, 0.2) is 0 Å². The van der Waals surface area contributed by atoms with Crippen molar-refractivity contribution in [1.29, 1.82) is 0 Å². The number of piperidine rings is 1. The maximum absolute atomic E-state index is 13.1. The van der Waals surface area contributed by atoms with Gasteiger partial charge in [-0.1, -0.05) is 6.07 Å². The highest BCUT2D eigenvalue weighted by Crippen LogP contribution is 2.18. The molecule has 2 aromatic rings. The van der Waals surface area contributed by atoms with Gasteiger partial charge in [0.25, 0.3) is 5.91 Å². The summed E-state index contributed by atoms with van der Waals surface area (Å²) in [5.74, 6) is -1.10. The zero-order valence-electron chi connectivity index (χ0n) is 14.0. The van der Waals surface area contributed by atoms with E-state index in [1.807, 2.05) is 0 Å². The Morgan fingerprint density at radius 2 is 1.85 bits per heavy atom. The van der Waals surface area contributed by atoms with Crippen molar-refractivity contribution < 1.29 is 23.1 Å². The smallest absolute Gasteiger partial charge is 0.411 e. The summed E-state index contributed by atoms with van der Waals surface area (Å²) in [5.41, 5.74) is 0.682. The minimum absolute atomic E-state index is 0.233. The fourth-order valence-corrected chi connectivity index (χ4v) is 2.86. The van der Waals surface area contributed by atoms with Gasteiger partial charge in [-0.25, -0.2) is 13.6 Å². The molecule has 1 atom stereocenters. The lowest BCUT2D eigenvalue weighted by Crippen LogP contribution is -2.44. The second-order valence-electron chi connectivity index (χ2n) is 6.06. The maximum atomic E-state index is 13.1. The van der Waals surface area contributed by atoms with Crippen LogP contribution in [0, 0.1) is 11.6 Å². The number of hydrogen-bond donors (Lipinski definition) is 1. The number of benzene rings is 2. The largest absolute Gasteiger partial charge is 0.444 e. The summed E-state index contributed by atoms with van der Waals surface area (Å²) >= 11 is 0. The molecule has 2 amide bonds. The molecule has 0 spiro atoms. The van der Waals surface area contributed by atoms with Gasteiger partial charge in [0.05, 0.1) is 6.54 Å². The van der Waals surface area contributed by atoms with Gasteiger partial charge in [-0.2, -0.15) is 0 Å². The Hall–Kier alpha value is -2.96. The van der Waals surface area contributed by atoms with Crippen LogP contribution in [0.1, 0.15) is 23.2 Å². The van der Waals surface area contributed by atoms with Crippen LogP contribution in [-0.2, 0) is 4.74 Å². The number of anilines is 1. The third kappa shape index (κ3) is 4.56. The number of hydrogen-bond acceptors (Lipinski definition) is 3. The quantitative estimate of drug-likeness (QED) is 0.905. The average molecular weight is 360 g/mol. The fourth-order valence-electron chi connectivity index (χ4n) is 2.86. The van der Waals surface area contributed by atoms with E-state index in [9.17, 15) is 18.4 Å². The van der Waals surface area contributed by atoms with E-state index in [4.69, 9.17) is 4.74 Å². The molecule has 26 heavy (non-hydrogen) atoms. The number of likely N-dealkylation sites (tertiary alicyclic amines) is 1. The van der Waals surface area contributed by atoms with E-state index < -0.39 is 23.8 Å².